The second-order valence-corrected chi connectivity index (χ2v) is 4.63. The molecule has 0 aliphatic heterocycles. The number of hydrogen-bond acceptors (Lipinski definition) is 6. The van der Waals surface area contributed by atoms with Gasteiger partial charge in [-0.25, -0.2) is 15.0 Å². The number of pyridine rings is 1. The average Bonchev–Trinajstić information content (AvgIpc) is 2.51. The molecule has 2 aromatic heterocycles. The summed E-state index contributed by atoms with van der Waals surface area (Å²) >= 11 is 5.89. The molecule has 2 heterocycles. The maximum absolute atomic E-state index is 12.8. The van der Waals surface area contributed by atoms with Gasteiger partial charge in [-0.05, 0) is 12.1 Å². The molecule has 0 atom stereocenters. The second-order valence-electron chi connectivity index (χ2n) is 4.27. The molecule has 0 saturated carbocycles. The summed E-state index contributed by atoms with van der Waals surface area (Å²) in [7, 11) is 1.65. The molecule has 0 aliphatic rings. The van der Waals surface area contributed by atoms with Crippen LogP contribution >= 0.6 is 11.6 Å². The minimum absolute atomic E-state index is 0.0368. The van der Waals surface area contributed by atoms with Crippen molar-refractivity contribution in [1.29, 1.82) is 0 Å². The highest BCUT2D eigenvalue weighted by Crippen LogP contribution is 2.34. The smallest absolute Gasteiger partial charge is 0.421 e. The first-order chi connectivity index (χ1) is 10.9. The van der Waals surface area contributed by atoms with Crippen molar-refractivity contribution in [3.8, 4) is 5.88 Å². The van der Waals surface area contributed by atoms with Gasteiger partial charge in [0.05, 0.1) is 6.54 Å². The van der Waals surface area contributed by atoms with E-state index in [1.165, 1.54) is 18.6 Å². The molecule has 2 rings (SSSR count). The zero-order chi connectivity index (χ0) is 16.9. The van der Waals surface area contributed by atoms with E-state index in [0.717, 1.165) is 6.07 Å². The van der Waals surface area contributed by atoms with Crippen molar-refractivity contribution < 1.29 is 17.9 Å². The van der Waals surface area contributed by atoms with E-state index in [1.54, 1.807) is 7.05 Å². The number of nitrogens with zero attached hydrogens (tertiary/aromatic N) is 3. The van der Waals surface area contributed by atoms with Crippen molar-refractivity contribution in [2.24, 2.45) is 0 Å². The lowest BCUT2D eigenvalue weighted by atomic mass is 10.2. The zero-order valence-corrected chi connectivity index (χ0v) is 12.7. The number of anilines is 2. The highest BCUT2D eigenvalue weighted by Gasteiger charge is 2.34. The number of rotatable bonds is 6. The molecular weight excluding hydrogens is 335 g/mol. The van der Waals surface area contributed by atoms with Crippen molar-refractivity contribution in [2.75, 3.05) is 30.8 Å². The monoisotopic (exact) mass is 347 g/mol. The van der Waals surface area contributed by atoms with Gasteiger partial charge in [-0.3, -0.25) is 0 Å². The Balaban J connectivity index is 1.96. The quantitative estimate of drug-likeness (QED) is 0.618. The van der Waals surface area contributed by atoms with Crippen LogP contribution in [0, 0.1) is 0 Å². The molecule has 23 heavy (non-hydrogen) atoms. The van der Waals surface area contributed by atoms with E-state index in [2.05, 4.69) is 25.6 Å². The van der Waals surface area contributed by atoms with Crippen LogP contribution in [0.3, 0.4) is 0 Å². The predicted molar refractivity (Wildman–Crippen MR) is 79.8 cm³/mol. The summed E-state index contributed by atoms with van der Waals surface area (Å²) in [6, 6.07) is 2.12. The summed E-state index contributed by atoms with van der Waals surface area (Å²) in [5.74, 6) is -0.0375. The Morgan fingerprint density at radius 3 is 2.74 bits per heavy atom. The summed E-state index contributed by atoms with van der Waals surface area (Å²) in [4.78, 5) is 11.4. The third-order valence-electron chi connectivity index (χ3n) is 2.76. The summed E-state index contributed by atoms with van der Waals surface area (Å²) in [5, 5.41) is 5.96. The molecule has 0 amide bonds. The van der Waals surface area contributed by atoms with Crippen LogP contribution in [0.2, 0.25) is 5.15 Å². The third kappa shape index (κ3) is 4.35. The Morgan fingerprint density at radius 1 is 1.26 bits per heavy atom. The van der Waals surface area contributed by atoms with E-state index in [9.17, 15) is 13.2 Å². The molecule has 0 aromatic carbocycles. The zero-order valence-electron chi connectivity index (χ0n) is 12.0. The van der Waals surface area contributed by atoms with Crippen LogP contribution in [0.5, 0.6) is 5.88 Å². The van der Waals surface area contributed by atoms with E-state index in [-0.39, 0.29) is 18.3 Å². The minimum Gasteiger partial charge on any atom is -0.475 e. The van der Waals surface area contributed by atoms with Gasteiger partial charge in [0.25, 0.3) is 0 Å². The second kappa shape index (κ2) is 7.32. The van der Waals surface area contributed by atoms with Crippen LogP contribution in [0.15, 0.2) is 24.7 Å². The highest BCUT2D eigenvalue weighted by molar-refractivity contribution is 6.32. The SMILES string of the molecule is CNc1c(Cl)ncnc1NCCOc1ncccc1C(F)(F)F. The van der Waals surface area contributed by atoms with Crippen molar-refractivity contribution in [2.45, 2.75) is 6.18 Å². The predicted octanol–water partition coefficient (Wildman–Crippen LogP) is 3.08. The molecule has 6 nitrogen and oxygen atoms in total. The number of ether oxygens (including phenoxy) is 1. The van der Waals surface area contributed by atoms with Crippen LogP contribution in [-0.2, 0) is 6.18 Å². The lowest BCUT2D eigenvalue weighted by molar-refractivity contribution is -0.139. The molecule has 0 bridgehead atoms. The van der Waals surface area contributed by atoms with Crippen molar-refractivity contribution in [3.05, 3.63) is 35.4 Å². The number of hydrogen-bond donors (Lipinski definition) is 2. The largest absolute Gasteiger partial charge is 0.475 e. The maximum atomic E-state index is 12.8. The molecule has 0 unspecified atom stereocenters. The van der Waals surface area contributed by atoms with Gasteiger partial charge in [0, 0.05) is 13.2 Å². The van der Waals surface area contributed by atoms with Crippen molar-refractivity contribution in [3.63, 3.8) is 0 Å². The third-order valence-corrected chi connectivity index (χ3v) is 3.05. The fraction of sp³-hybridized carbons (Fsp3) is 0.308. The van der Waals surface area contributed by atoms with Crippen LogP contribution < -0.4 is 15.4 Å². The number of nitrogens with one attached hydrogen (secondary N) is 2. The molecule has 0 fully saturated rings. The van der Waals surface area contributed by atoms with Gasteiger partial charge in [-0.2, -0.15) is 13.2 Å². The van der Waals surface area contributed by atoms with E-state index in [0.29, 0.717) is 11.5 Å². The summed E-state index contributed by atoms with van der Waals surface area (Å²) in [6.07, 6.45) is -2.01. The van der Waals surface area contributed by atoms with Gasteiger partial charge in [0.15, 0.2) is 11.0 Å². The van der Waals surface area contributed by atoms with E-state index in [4.69, 9.17) is 16.3 Å². The van der Waals surface area contributed by atoms with Crippen LogP contribution in [0.25, 0.3) is 0 Å². The fourth-order valence-electron chi connectivity index (χ4n) is 1.76. The summed E-state index contributed by atoms with van der Waals surface area (Å²) in [6.45, 7) is 0.167. The minimum atomic E-state index is -4.52. The van der Waals surface area contributed by atoms with E-state index in [1.807, 2.05) is 0 Å². The number of halogens is 4. The van der Waals surface area contributed by atoms with Crippen LogP contribution in [0.1, 0.15) is 5.56 Å². The van der Waals surface area contributed by atoms with Crippen molar-refractivity contribution >= 4 is 23.1 Å². The number of aromatic nitrogens is 3. The fourth-order valence-corrected chi connectivity index (χ4v) is 1.99. The molecule has 2 aromatic rings. The first kappa shape index (κ1) is 17.1. The molecule has 10 heteroatoms. The Kier molecular flexibility index (Phi) is 5.43. The number of alkyl halides is 3. The lowest BCUT2D eigenvalue weighted by Crippen LogP contribution is -2.16. The first-order valence-corrected chi connectivity index (χ1v) is 6.88. The molecule has 0 spiro atoms. The van der Waals surface area contributed by atoms with Gasteiger partial charge in [0.1, 0.15) is 24.2 Å². The Bertz CT molecular complexity index is 668. The Labute approximate surface area is 135 Å². The van der Waals surface area contributed by atoms with Gasteiger partial charge < -0.3 is 15.4 Å². The topological polar surface area (TPSA) is 72.0 Å². The van der Waals surface area contributed by atoms with E-state index < -0.39 is 17.6 Å². The standard InChI is InChI=1S/C13H13ClF3N5O/c1-18-9-10(14)21-7-22-11(9)19-5-6-23-12-8(13(15,16)17)3-2-4-20-12/h2-4,7,18H,5-6H2,1H3,(H,19,21,22). The van der Waals surface area contributed by atoms with Gasteiger partial charge in [-0.15, -0.1) is 0 Å². The molecule has 0 radical (unpaired) electrons. The Hall–Kier alpha value is -2.29. The summed E-state index contributed by atoms with van der Waals surface area (Å²) < 4.78 is 43.5. The van der Waals surface area contributed by atoms with Gasteiger partial charge in [-0.1, -0.05) is 11.6 Å². The van der Waals surface area contributed by atoms with Crippen LogP contribution in [0.4, 0.5) is 24.7 Å². The molecule has 2 N–H and O–H groups in total. The highest BCUT2D eigenvalue weighted by atomic mass is 35.5. The van der Waals surface area contributed by atoms with Crippen molar-refractivity contribution in [1.82, 2.24) is 15.0 Å². The van der Waals surface area contributed by atoms with Crippen LogP contribution in [-0.4, -0.2) is 35.2 Å². The molecule has 0 aliphatic carbocycles. The molecular formula is C13H13ClF3N5O. The Morgan fingerprint density at radius 2 is 2.04 bits per heavy atom. The summed E-state index contributed by atoms with van der Waals surface area (Å²) in [5.41, 5.74) is -0.427. The van der Waals surface area contributed by atoms with Gasteiger partial charge >= 0.3 is 6.18 Å². The van der Waals surface area contributed by atoms with E-state index >= 15 is 0 Å². The average molecular weight is 348 g/mol. The first-order valence-electron chi connectivity index (χ1n) is 6.50. The maximum Gasteiger partial charge on any atom is 0.421 e. The van der Waals surface area contributed by atoms with Gasteiger partial charge in [0.2, 0.25) is 5.88 Å². The normalized spacial score (nSPS) is 11.2. The molecule has 124 valence electrons. The molecule has 0 saturated heterocycles. The lowest BCUT2D eigenvalue weighted by Gasteiger charge is -2.14.